The fourth-order valence-corrected chi connectivity index (χ4v) is 1.77. The first-order valence-corrected chi connectivity index (χ1v) is 5.53. The maximum absolute atomic E-state index is 12.9. The third-order valence-electron chi connectivity index (χ3n) is 3.29. The molecule has 0 amide bonds. The molecule has 0 saturated heterocycles. The van der Waals surface area contributed by atoms with E-state index in [-0.39, 0.29) is 19.0 Å². The van der Waals surface area contributed by atoms with Crippen LogP contribution in [0.4, 0.5) is 4.39 Å². The number of halogens is 1. The molecule has 0 unspecified atom stereocenters. The Morgan fingerprint density at radius 2 is 1.88 bits per heavy atom. The maximum Gasteiger partial charge on any atom is 0.123 e. The molecule has 0 heterocycles. The fraction of sp³-hybridized carbons (Fsp3) is 0.538. The Kier molecular flexibility index (Phi) is 4.44. The smallest absolute Gasteiger partial charge is 0.123 e. The molecule has 0 aliphatic heterocycles. The molecule has 0 aliphatic carbocycles. The highest BCUT2D eigenvalue weighted by Gasteiger charge is 2.27. The van der Waals surface area contributed by atoms with Gasteiger partial charge >= 0.3 is 0 Å². The van der Waals surface area contributed by atoms with Crippen LogP contribution in [-0.2, 0) is 6.42 Å². The molecule has 0 atom stereocenters. The first-order valence-electron chi connectivity index (χ1n) is 5.53. The third-order valence-corrected chi connectivity index (χ3v) is 3.29. The first kappa shape index (κ1) is 13.1. The summed E-state index contributed by atoms with van der Waals surface area (Å²) in [4.78, 5) is 0. The monoisotopic (exact) mass is 226 g/mol. The Balaban J connectivity index is 2.93. The molecule has 1 aromatic rings. The second-order valence-electron chi connectivity index (χ2n) is 4.42. The minimum Gasteiger partial charge on any atom is -0.396 e. The van der Waals surface area contributed by atoms with Gasteiger partial charge in [0.15, 0.2) is 0 Å². The number of aliphatic hydroxyl groups is 2. The molecule has 0 aromatic heterocycles. The van der Waals surface area contributed by atoms with Crippen molar-refractivity contribution < 1.29 is 14.6 Å². The zero-order chi connectivity index (χ0) is 12.2. The molecule has 2 N–H and O–H groups in total. The van der Waals surface area contributed by atoms with Crippen molar-refractivity contribution >= 4 is 0 Å². The van der Waals surface area contributed by atoms with E-state index in [1.807, 2.05) is 13.8 Å². The lowest BCUT2D eigenvalue weighted by Crippen LogP contribution is -2.31. The number of aliphatic hydroxyl groups excluding tert-OH is 2. The van der Waals surface area contributed by atoms with Crippen molar-refractivity contribution in [2.45, 2.75) is 26.7 Å². The lowest BCUT2D eigenvalue weighted by Gasteiger charge is -2.29. The summed E-state index contributed by atoms with van der Waals surface area (Å²) in [6, 6.07) is 4.61. The number of aryl methyl sites for hydroxylation is 1. The van der Waals surface area contributed by atoms with Gasteiger partial charge in [0.05, 0.1) is 13.2 Å². The van der Waals surface area contributed by atoms with Gasteiger partial charge in [0.2, 0.25) is 0 Å². The van der Waals surface area contributed by atoms with E-state index in [1.165, 1.54) is 12.1 Å². The van der Waals surface area contributed by atoms with Crippen molar-refractivity contribution in [2.24, 2.45) is 5.41 Å². The summed E-state index contributed by atoms with van der Waals surface area (Å²) in [5, 5.41) is 18.7. The van der Waals surface area contributed by atoms with Crippen molar-refractivity contribution in [3.63, 3.8) is 0 Å². The second kappa shape index (κ2) is 5.41. The molecule has 0 aliphatic rings. The summed E-state index contributed by atoms with van der Waals surface area (Å²) in [5.41, 5.74) is 1.34. The van der Waals surface area contributed by atoms with Gasteiger partial charge < -0.3 is 10.2 Å². The van der Waals surface area contributed by atoms with Gasteiger partial charge in [0, 0.05) is 5.41 Å². The van der Waals surface area contributed by atoms with Gasteiger partial charge in [-0.2, -0.15) is 0 Å². The highest BCUT2D eigenvalue weighted by Crippen LogP contribution is 2.27. The molecule has 0 bridgehead atoms. The standard InChI is InChI=1S/C13H19FO2/c1-3-13(8-15,9-16)7-11-4-5-12(14)6-10(11)2/h4-6,15-16H,3,7-9H2,1-2H3. The van der Waals surface area contributed by atoms with E-state index in [1.54, 1.807) is 6.07 Å². The van der Waals surface area contributed by atoms with Crippen molar-refractivity contribution in [3.8, 4) is 0 Å². The summed E-state index contributed by atoms with van der Waals surface area (Å²) in [6.07, 6.45) is 1.26. The Bertz CT molecular complexity index is 338. The summed E-state index contributed by atoms with van der Waals surface area (Å²) in [6.45, 7) is 3.66. The quantitative estimate of drug-likeness (QED) is 0.806. The number of hydrogen-bond acceptors (Lipinski definition) is 2. The molecule has 90 valence electrons. The molecular formula is C13H19FO2. The Labute approximate surface area is 95.7 Å². The maximum atomic E-state index is 12.9. The minimum atomic E-state index is -0.497. The van der Waals surface area contributed by atoms with Crippen LogP contribution in [0.15, 0.2) is 18.2 Å². The van der Waals surface area contributed by atoms with Gasteiger partial charge in [0.1, 0.15) is 5.82 Å². The molecule has 3 heteroatoms. The van der Waals surface area contributed by atoms with Crippen LogP contribution in [0.3, 0.4) is 0 Å². The van der Waals surface area contributed by atoms with Crippen molar-refractivity contribution in [2.75, 3.05) is 13.2 Å². The highest BCUT2D eigenvalue weighted by molar-refractivity contribution is 5.27. The largest absolute Gasteiger partial charge is 0.396 e. The molecular weight excluding hydrogens is 207 g/mol. The predicted molar refractivity (Wildman–Crippen MR) is 61.7 cm³/mol. The van der Waals surface area contributed by atoms with Crippen LogP contribution in [0.1, 0.15) is 24.5 Å². The molecule has 2 nitrogen and oxygen atoms in total. The van der Waals surface area contributed by atoms with E-state index in [0.717, 1.165) is 11.1 Å². The number of rotatable bonds is 5. The van der Waals surface area contributed by atoms with Gasteiger partial charge in [-0.05, 0) is 43.0 Å². The molecule has 0 saturated carbocycles. The topological polar surface area (TPSA) is 40.5 Å². The Morgan fingerprint density at radius 1 is 1.25 bits per heavy atom. The van der Waals surface area contributed by atoms with Crippen LogP contribution in [-0.4, -0.2) is 23.4 Å². The molecule has 0 radical (unpaired) electrons. The minimum absolute atomic E-state index is 0.0587. The van der Waals surface area contributed by atoms with Crippen LogP contribution < -0.4 is 0 Å². The fourth-order valence-electron chi connectivity index (χ4n) is 1.77. The van der Waals surface area contributed by atoms with E-state index >= 15 is 0 Å². The van der Waals surface area contributed by atoms with Crippen LogP contribution in [0.2, 0.25) is 0 Å². The highest BCUT2D eigenvalue weighted by atomic mass is 19.1. The van der Waals surface area contributed by atoms with Crippen LogP contribution in [0.5, 0.6) is 0 Å². The zero-order valence-electron chi connectivity index (χ0n) is 9.83. The van der Waals surface area contributed by atoms with Gasteiger partial charge in [0.25, 0.3) is 0 Å². The van der Waals surface area contributed by atoms with E-state index in [9.17, 15) is 14.6 Å². The molecule has 0 fully saturated rings. The summed E-state index contributed by atoms with van der Waals surface area (Å²) >= 11 is 0. The van der Waals surface area contributed by atoms with Crippen LogP contribution >= 0.6 is 0 Å². The lowest BCUT2D eigenvalue weighted by atomic mass is 9.80. The van der Waals surface area contributed by atoms with Gasteiger partial charge in [-0.3, -0.25) is 0 Å². The number of hydrogen-bond donors (Lipinski definition) is 2. The van der Waals surface area contributed by atoms with Crippen molar-refractivity contribution in [1.82, 2.24) is 0 Å². The number of benzene rings is 1. The average Bonchev–Trinajstić information content (AvgIpc) is 2.29. The first-order chi connectivity index (χ1) is 7.56. The van der Waals surface area contributed by atoms with Crippen molar-refractivity contribution in [1.29, 1.82) is 0 Å². The second-order valence-corrected chi connectivity index (χ2v) is 4.42. The summed E-state index contributed by atoms with van der Waals surface area (Å²) < 4.78 is 12.9. The Morgan fingerprint density at radius 3 is 2.31 bits per heavy atom. The average molecular weight is 226 g/mol. The molecule has 0 spiro atoms. The van der Waals surface area contributed by atoms with E-state index in [0.29, 0.717) is 12.8 Å². The lowest BCUT2D eigenvalue weighted by molar-refractivity contribution is 0.0513. The summed E-state index contributed by atoms with van der Waals surface area (Å²) in [5.74, 6) is -0.253. The van der Waals surface area contributed by atoms with Gasteiger partial charge in [-0.1, -0.05) is 13.0 Å². The SMILES string of the molecule is CCC(CO)(CO)Cc1ccc(F)cc1C. The molecule has 1 rings (SSSR count). The van der Waals surface area contributed by atoms with E-state index < -0.39 is 5.41 Å². The molecule has 16 heavy (non-hydrogen) atoms. The van der Waals surface area contributed by atoms with Gasteiger partial charge in [-0.15, -0.1) is 0 Å². The molecule has 1 aromatic carbocycles. The normalized spacial score (nSPS) is 11.8. The third kappa shape index (κ3) is 2.80. The van der Waals surface area contributed by atoms with Gasteiger partial charge in [-0.25, -0.2) is 4.39 Å². The van der Waals surface area contributed by atoms with Crippen LogP contribution in [0.25, 0.3) is 0 Å². The van der Waals surface area contributed by atoms with Crippen molar-refractivity contribution in [3.05, 3.63) is 35.1 Å². The zero-order valence-corrected chi connectivity index (χ0v) is 9.83. The van der Waals surface area contributed by atoms with E-state index in [4.69, 9.17) is 0 Å². The summed E-state index contributed by atoms with van der Waals surface area (Å²) in [7, 11) is 0. The van der Waals surface area contributed by atoms with E-state index in [2.05, 4.69) is 0 Å². The predicted octanol–water partition coefficient (Wildman–Crippen LogP) is 2.06. The Hall–Kier alpha value is -0.930. The van der Waals surface area contributed by atoms with Crippen LogP contribution in [0, 0.1) is 18.2 Å².